The lowest BCUT2D eigenvalue weighted by Crippen LogP contribution is -2.41. The van der Waals surface area contributed by atoms with Crippen LogP contribution < -0.4 is 5.32 Å². The van der Waals surface area contributed by atoms with E-state index in [1.54, 1.807) is 0 Å². The van der Waals surface area contributed by atoms with E-state index in [1.807, 2.05) is 0 Å². The first-order valence-electron chi connectivity index (χ1n) is 6.45. The van der Waals surface area contributed by atoms with Crippen LogP contribution in [-0.2, 0) is 6.42 Å². The summed E-state index contributed by atoms with van der Waals surface area (Å²) < 4.78 is 0. The van der Waals surface area contributed by atoms with Gasteiger partial charge in [0.15, 0.2) is 0 Å². The van der Waals surface area contributed by atoms with E-state index in [9.17, 15) is 0 Å². The molecule has 1 N–H and O–H groups in total. The third-order valence-corrected chi connectivity index (χ3v) is 3.82. The zero-order valence-corrected chi connectivity index (χ0v) is 10.5. The summed E-state index contributed by atoms with van der Waals surface area (Å²) >= 11 is 0. The number of hydrogen-bond donors (Lipinski definition) is 1. The van der Waals surface area contributed by atoms with Crippen molar-refractivity contribution in [2.45, 2.75) is 45.6 Å². The van der Waals surface area contributed by atoms with Gasteiger partial charge in [-0.05, 0) is 37.2 Å². The van der Waals surface area contributed by atoms with E-state index >= 15 is 0 Å². The molecule has 0 aromatic heterocycles. The standard InChI is InChI=1S/C15H23N/c1-13(11-14-7-4-3-5-8-14)16-12-15(2)9-6-10-15/h3-5,7-8,13,16H,6,9-12H2,1-2H3. The van der Waals surface area contributed by atoms with Crippen molar-refractivity contribution in [1.29, 1.82) is 0 Å². The average molecular weight is 217 g/mol. The summed E-state index contributed by atoms with van der Waals surface area (Å²) in [6.07, 6.45) is 5.36. The fourth-order valence-corrected chi connectivity index (χ4v) is 2.42. The molecule has 1 heteroatoms. The molecule has 1 aromatic rings. The second kappa shape index (κ2) is 5.01. The van der Waals surface area contributed by atoms with Gasteiger partial charge in [-0.3, -0.25) is 0 Å². The predicted octanol–water partition coefficient (Wildman–Crippen LogP) is 3.40. The number of benzene rings is 1. The molecule has 88 valence electrons. The van der Waals surface area contributed by atoms with Crippen molar-refractivity contribution in [3.8, 4) is 0 Å². The van der Waals surface area contributed by atoms with E-state index in [-0.39, 0.29) is 0 Å². The zero-order valence-electron chi connectivity index (χ0n) is 10.5. The Morgan fingerprint density at radius 1 is 1.25 bits per heavy atom. The molecule has 16 heavy (non-hydrogen) atoms. The molecule has 1 fully saturated rings. The van der Waals surface area contributed by atoms with Crippen LogP contribution in [0.5, 0.6) is 0 Å². The van der Waals surface area contributed by atoms with Gasteiger partial charge in [0, 0.05) is 12.6 Å². The van der Waals surface area contributed by atoms with E-state index < -0.39 is 0 Å². The van der Waals surface area contributed by atoms with Crippen LogP contribution in [-0.4, -0.2) is 12.6 Å². The topological polar surface area (TPSA) is 12.0 Å². The van der Waals surface area contributed by atoms with Crippen LogP contribution in [0.4, 0.5) is 0 Å². The van der Waals surface area contributed by atoms with Crippen molar-refractivity contribution in [1.82, 2.24) is 5.32 Å². The molecule has 1 atom stereocenters. The largest absolute Gasteiger partial charge is 0.313 e. The molecule has 0 bridgehead atoms. The molecule has 0 heterocycles. The molecular weight excluding hydrogens is 194 g/mol. The van der Waals surface area contributed by atoms with Crippen LogP contribution in [0.3, 0.4) is 0 Å². The Kier molecular flexibility index (Phi) is 3.65. The maximum atomic E-state index is 3.67. The number of nitrogens with one attached hydrogen (secondary N) is 1. The van der Waals surface area contributed by atoms with Crippen LogP contribution in [0.25, 0.3) is 0 Å². The summed E-state index contributed by atoms with van der Waals surface area (Å²) in [5.74, 6) is 0. The van der Waals surface area contributed by atoms with E-state index in [0.29, 0.717) is 11.5 Å². The highest BCUT2D eigenvalue weighted by atomic mass is 14.9. The number of rotatable bonds is 5. The van der Waals surface area contributed by atoms with E-state index in [2.05, 4.69) is 49.5 Å². The molecule has 1 saturated carbocycles. The average Bonchev–Trinajstić information content (AvgIpc) is 2.25. The second-order valence-corrected chi connectivity index (χ2v) is 5.64. The zero-order chi connectivity index (χ0) is 11.4. The summed E-state index contributed by atoms with van der Waals surface area (Å²) in [5.41, 5.74) is 2.02. The fraction of sp³-hybridized carbons (Fsp3) is 0.600. The Morgan fingerprint density at radius 3 is 2.50 bits per heavy atom. The molecule has 1 aromatic carbocycles. The monoisotopic (exact) mass is 217 g/mol. The van der Waals surface area contributed by atoms with Crippen molar-refractivity contribution in [3.63, 3.8) is 0 Å². The van der Waals surface area contributed by atoms with E-state index in [1.165, 1.54) is 31.4 Å². The smallest absolute Gasteiger partial charge is 0.00793 e. The van der Waals surface area contributed by atoms with Gasteiger partial charge in [0.25, 0.3) is 0 Å². The molecule has 1 aliphatic carbocycles. The molecule has 0 amide bonds. The molecule has 1 nitrogen and oxygen atoms in total. The third kappa shape index (κ3) is 3.08. The summed E-state index contributed by atoms with van der Waals surface area (Å²) in [6.45, 7) is 5.87. The van der Waals surface area contributed by atoms with Crippen LogP contribution in [0.15, 0.2) is 30.3 Å². The van der Waals surface area contributed by atoms with Gasteiger partial charge in [-0.15, -0.1) is 0 Å². The molecule has 0 radical (unpaired) electrons. The number of hydrogen-bond acceptors (Lipinski definition) is 1. The minimum atomic E-state index is 0.583. The third-order valence-electron chi connectivity index (χ3n) is 3.82. The van der Waals surface area contributed by atoms with Crippen molar-refractivity contribution in [2.75, 3.05) is 6.54 Å². The maximum absolute atomic E-state index is 3.67. The van der Waals surface area contributed by atoms with Gasteiger partial charge in [-0.2, -0.15) is 0 Å². The molecule has 0 saturated heterocycles. The molecular formula is C15H23N. The molecule has 2 rings (SSSR count). The Balaban J connectivity index is 1.74. The fourth-order valence-electron chi connectivity index (χ4n) is 2.42. The van der Waals surface area contributed by atoms with Crippen molar-refractivity contribution in [2.24, 2.45) is 5.41 Å². The summed E-state index contributed by atoms with van der Waals surface area (Å²) in [5, 5.41) is 3.67. The minimum absolute atomic E-state index is 0.583. The van der Waals surface area contributed by atoms with Crippen molar-refractivity contribution < 1.29 is 0 Å². The lowest BCUT2D eigenvalue weighted by molar-refractivity contribution is 0.152. The first kappa shape index (κ1) is 11.7. The second-order valence-electron chi connectivity index (χ2n) is 5.64. The van der Waals surface area contributed by atoms with Crippen LogP contribution in [0.1, 0.15) is 38.7 Å². The predicted molar refractivity (Wildman–Crippen MR) is 69.6 cm³/mol. The Bertz CT molecular complexity index is 313. The van der Waals surface area contributed by atoms with Gasteiger partial charge >= 0.3 is 0 Å². The van der Waals surface area contributed by atoms with Gasteiger partial charge in [-0.25, -0.2) is 0 Å². The lowest BCUT2D eigenvalue weighted by atomic mass is 9.70. The highest BCUT2D eigenvalue weighted by Crippen LogP contribution is 2.39. The Morgan fingerprint density at radius 2 is 1.94 bits per heavy atom. The van der Waals surface area contributed by atoms with Crippen LogP contribution in [0, 0.1) is 5.41 Å². The van der Waals surface area contributed by atoms with E-state index in [4.69, 9.17) is 0 Å². The lowest BCUT2D eigenvalue weighted by Gasteiger charge is -2.39. The molecule has 1 aliphatic rings. The maximum Gasteiger partial charge on any atom is 0.00793 e. The van der Waals surface area contributed by atoms with Gasteiger partial charge in [-0.1, -0.05) is 43.7 Å². The summed E-state index contributed by atoms with van der Waals surface area (Å²) in [4.78, 5) is 0. The first-order chi connectivity index (χ1) is 7.68. The Hall–Kier alpha value is -0.820. The molecule has 1 unspecified atom stereocenters. The SMILES string of the molecule is CC(Cc1ccccc1)NCC1(C)CCC1. The van der Waals surface area contributed by atoms with E-state index in [0.717, 1.165) is 6.42 Å². The normalized spacial score (nSPS) is 20.1. The van der Waals surface area contributed by atoms with Gasteiger partial charge in [0.2, 0.25) is 0 Å². The molecule has 0 aliphatic heterocycles. The highest BCUT2D eigenvalue weighted by molar-refractivity contribution is 5.15. The van der Waals surface area contributed by atoms with Crippen molar-refractivity contribution in [3.05, 3.63) is 35.9 Å². The summed E-state index contributed by atoms with van der Waals surface area (Å²) in [7, 11) is 0. The van der Waals surface area contributed by atoms with Crippen LogP contribution in [0.2, 0.25) is 0 Å². The van der Waals surface area contributed by atoms with Crippen molar-refractivity contribution >= 4 is 0 Å². The van der Waals surface area contributed by atoms with Crippen LogP contribution >= 0.6 is 0 Å². The van der Waals surface area contributed by atoms with Gasteiger partial charge in [0.1, 0.15) is 0 Å². The van der Waals surface area contributed by atoms with Gasteiger partial charge < -0.3 is 5.32 Å². The quantitative estimate of drug-likeness (QED) is 0.797. The Labute approximate surface area is 99.3 Å². The minimum Gasteiger partial charge on any atom is -0.313 e. The molecule has 0 spiro atoms. The highest BCUT2D eigenvalue weighted by Gasteiger charge is 2.31. The summed E-state index contributed by atoms with van der Waals surface area (Å²) in [6, 6.07) is 11.3. The first-order valence-corrected chi connectivity index (χ1v) is 6.45. The van der Waals surface area contributed by atoms with Gasteiger partial charge in [0.05, 0.1) is 0 Å².